The fraction of sp³-hybridized carbons (Fsp3) is 0.235. The predicted molar refractivity (Wildman–Crippen MR) is 86.8 cm³/mol. The predicted octanol–water partition coefficient (Wildman–Crippen LogP) is 1.86. The van der Waals surface area contributed by atoms with Crippen LogP contribution in [-0.2, 0) is 12.8 Å². The summed E-state index contributed by atoms with van der Waals surface area (Å²) in [5.74, 6) is -1.44. The number of H-pyrrole nitrogens is 1. The van der Waals surface area contributed by atoms with Crippen molar-refractivity contribution in [2.75, 3.05) is 0 Å². The SMILES string of the molecule is O=C(N/N=C\c1ccc(F)cc1)c1c(O)c2c([nH]c1=O)CCCC2. The summed E-state index contributed by atoms with van der Waals surface area (Å²) in [5, 5.41) is 14.0. The number of aromatic hydroxyl groups is 1. The molecule has 0 saturated heterocycles. The van der Waals surface area contributed by atoms with Crippen LogP contribution in [0.1, 0.15) is 40.0 Å². The molecular formula is C17H16FN3O3. The number of benzene rings is 1. The molecule has 0 fully saturated rings. The lowest BCUT2D eigenvalue weighted by Crippen LogP contribution is -2.29. The van der Waals surface area contributed by atoms with E-state index in [1.54, 1.807) is 0 Å². The summed E-state index contributed by atoms with van der Waals surface area (Å²) < 4.78 is 12.8. The van der Waals surface area contributed by atoms with E-state index in [2.05, 4.69) is 15.5 Å². The number of hydrazone groups is 1. The van der Waals surface area contributed by atoms with E-state index in [4.69, 9.17) is 0 Å². The Balaban J connectivity index is 1.80. The quantitative estimate of drug-likeness (QED) is 0.592. The van der Waals surface area contributed by atoms with E-state index in [0.29, 0.717) is 29.7 Å². The molecule has 0 spiro atoms. The van der Waals surface area contributed by atoms with Gasteiger partial charge in [-0.1, -0.05) is 12.1 Å². The van der Waals surface area contributed by atoms with Gasteiger partial charge in [0.2, 0.25) is 0 Å². The first-order valence-electron chi connectivity index (χ1n) is 7.62. The zero-order chi connectivity index (χ0) is 17.1. The van der Waals surface area contributed by atoms with Crippen LogP contribution in [-0.4, -0.2) is 22.2 Å². The van der Waals surface area contributed by atoms with Crippen LogP contribution in [0.25, 0.3) is 0 Å². The molecule has 0 radical (unpaired) electrons. The number of aromatic nitrogens is 1. The van der Waals surface area contributed by atoms with Crippen molar-refractivity contribution in [1.29, 1.82) is 0 Å². The van der Waals surface area contributed by atoms with Crippen molar-refractivity contribution in [2.24, 2.45) is 5.10 Å². The maximum atomic E-state index is 12.8. The van der Waals surface area contributed by atoms with Crippen LogP contribution in [0.3, 0.4) is 0 Å². The van der Waals surface area contributed by atoms with E-state index in [0.717, 1.165) is 12.8 Å². The van der Waals surface area contributed by atoms with Gasteiger partial charge >= 0.3 is 0 Å². The second kappa shape index (κ2) is 6.66. The molecule has 6 nitrogen and oxygen atoms in total. The number of amides is 1. The second-order valence-electron chi connectivity index (χ2n) is 5.59. The number of hydrogen-bond donors (Lipinski definition) is 3. The standard InChI is InChI=1S/C17H16FN3O3/c18-11-7-5-10(6-8-11)9-19-21-17(24)14-15(22)12-3-1-2-4-13(12)20-16(14)23/h5-9H,1-4H2,(H,21,24)(H2,20,22,23)/b19-9-. The summed E-state index contributed by atoms with van der Waals surface area (Å²) in [4.78, 5) is 26.9. The Morgan fingerprint density at radius 2 is 1.96 bits per heavy atom. The maximum Gasteiger partial charge on any atom is 0.280 e. The van der Waals surface area contributed by atoms with Crippen molar-refractivity contribution in [3.8, 4) is 5.75 Å². The number of pyridine rings is 1. The fourth-order valence-corrected chi connectivity index (χ4v) is 2.74. The third-order valence-corrected chi connectivity index (χ3v) is 3.96. The summed E-state index contributed by atoms with van der Waals surface area (Å²) in [6.07, 6.45) is 4.47. The highest BCUT2D eigenvalue weighted by atomic mass is 19.1. The molecule has 0 bridgehead atoms. The molecule has 3 N–H and O–H groups in total. The topological polar surface area (TPSA) is 94.5 Å². The van der Waals surface area contributed by atoms with E-state index in [9.17, 15) is 19.1 Å². The van der Waals surface area contributed by atoms with Gasteiger partial charge < -0.3 is 10.1 Å². The molecule has 0 unspecified atom stereocenters. The van der Waals surface area contributed by atoms with Crippen LogP contribution >= 0.6 is 0 Å². The fourth-order valence-electron chi connectivity index (χ4n) is 2.74. The van der Waals surface area contributed by atoms with Gasteiger partial charge in [0.25, 0.3) is 11.5 Å². The highest BCUT2D eigenvalue weighted by Gasteiger charge is 2.23. The van der Waals surface area contributed by atoms with Crippen molar-refractivity contribution in [2.45, 2.75) is 25.7 Å². The molecule has 1 aromatic carbocycles. The van der Waals surface area contributed by atoms with Gasteiger partial charge in [0.1, 0.15) is 17.1 Å². The lowest BCUT2D eigenvalue weighted by Gasteiger charge is -2.17. The Hall–Kier alpha value is -2.96. The van der Waals surface area contributed by atoms with Gasteiger partial charge in [-0.25, -0.2) is 9.82 Å². The van der Waals surface area contributed by atoms with Gasteiger partial charge in [-0.05, 0) is 43.4 Å². The molecule has 24 heavy (non-hydrogen) atoms. The van der Waals surface area contributed by atoms with Crippen molar-refractivity contribution in [3.05, 3.63) is 62.8 Å². The van der Waals surface area contributed by atoms with Crippen molar-refractivity contribution in [1.82, 2.24) is 10.4 Å². The van der Waals surface area contributed by atoms with E-state index in [1.807, 2.05) is 0 Å². The minimum absolute atomic E-state index is 0.275. The lowest BCUT2D eigenvalue weighted by atomic mass is 9.94. The van der Waals surface area contributed by atoms with E-state index < -0.39 is 11.5 Å². The molecular weight excluding hydrogens is 313 g/mol. The van der Waals surface area contributed by atoms with Crippen LogP contribution < -0.4 is 11.0 Å². The van der Waals surface area contributed by atoms with Crippen LogP contribution in [0.2, 0.25) is 0 Å². The normalized spacial score (nSPS) is 13.7. The van der Waals surface area contributed by atoms with E-state index >= 15 is 0 Å². The van der Waals surface area contributed by atoms with Gasteiger partial charge in [0, 0.05) is 11.3 Å². The number of carbonyl (C=O) groups is 1. The Morgan fingerprint density at radius 3 is 2.71 bits per heavy atom. The van der Waals surface area contributed by atoms with Gasteiger partial charge in [-0.2, -0.15) is 5.10 Å². The average molecular weight is 329 g/mol. The summed E-state index contributed by atoms with van der Waals surface area (Å²) in [7, 11) is 0. The number of nitrogens with zero attached hydrogens (tertiary/aromatic N) is 1. The van der Waals surface area contributed by atoms with Gasteiger partial charge in [-0.15, -0.1) is 0 Å². The number of halogens is 1. The molecule has 3 rings (SSSR count). The van der Waals surface area contributed by atoms with Crippen LogP contribution in [0.5, 0.6) is 5.75 Å². The Morgan fingerprint density at radius 1 is 1.25 bits per heavy atom. The molecule has 2 aromatic rings. The number of fused-ring (bicyclic) bond motifs is 1. The molecule has 1 aliphatic rings. The molecule has 0 aliphatic heterocycles. The number of hydrogen-bond acceptors (Lipinski definition) is 4. The summed E-state index contributed by atoms with van der Waals surface area (Å²) in [6, 6.07) is 5.52. The molecule has 1 heterocycles. The number of aryl methyl sites for hydroxylation is 1. The van der Waals surface area contributed by atoms with Crippen molar-refractivity contribution >= 4 is 12.1 Å². The minimum Gasteiger partial charge on any atom is -0.507 e. The minimum atomic E-state index is -0.791. The average Bonchev–Trinajstić information content (AvgIpc) is 2.57. The molecule has 1 aliphatic carbocycles. The highest BCUT2D eigenvalue weighted by Crippen LogP contribution is 2.28. The zero-order valence-electron chi connectivity index (χ0n) is 12.8. The third-order valence-electron chi connectivity index (χ3n) is 3.96. The molecule has 1 amide bonds. The molecule has 0 saturated carbocycles. The van der Waals surface area contributed by atoms with Gasteiger partial charge in [0.15, 0.2) is 0 Å². The zero-order valence-corrected chi connectivity index (χ0v) is 12.8. The number of rotatable bonds is 3. The monoisotopic (exact) mass is 329 g/mol. The number of aromatic amines is 1. The second-order valence-corrected chi connectivity index (χ2v) is 5.59. The first-order valence-corrected chi connectivity index (χ1v) is 7.62. The van der Waals surface area contributed by atoms with Crippen LogP contribution in [0.4, 0.5) is 4.39 Å². The molecule has 7 heteroatoms. The number of nitrogens with one attached hydrogen (secondary N) is 2. The smallest absolute Gasteiger partial charge is 0.280 e. The summed E-state index contributed by atoms with van der Waals surface area (Å²) in [6.45, 7) is 0. The number of carbonyl (C=O) groups excluding carboxylic acids is 1. The maximum absolute atomic E-state index is 12.8. The Kier molecular flexibility index (Phi) is 4.41. The third kappa shape index (κ3) is 3.19. The molecule has 0 atom stereocenters. The lowest BCUT2D eigenvalue weighted by molar-refractivity contribution is 0.0950. The first-order chi connectivity index (χ1) is 11.6. The highest BCUT2D eigenvalue weighted by molar-refractivity contribution is 5.97. The van der Waals surface area contributed by atoms with E-state index in [-0.39, 0.29) is 17.1 Å². The molecule has 1 aromatic heterocycles. The first kappa shape index (κ1) is 15.9. The Bertz CT molecular complexity index is 857. The van der Waals surface area contributed by atoms with Gasteiger partial charge in [0.05, 0.1) is 6.21 Å². The Labute approximate surface area is 137 Å². The van der Waals surface area contributed by atoms with Crippen molar-refractivity contribution in [3.63, 3.8) is 0 Å². The van der Waals surface area contributed by atoms with E-state index in [1.165, 1.54) is 30.5 Å². The van der Waals surface area contributed by atoms with Crippen LogP contribution in [0.15, 0.2) is 34.2 Å². The largest absolute Gasteiger partial charge is 0.507 e. The van der Waals surface area contributed by atoms with Crippen LogP contribution in [0, 0.1) is 5.82 Å². The summed E-state index contributed by atoms with van der Waals surface area (Å²) >= 11 is 0. The van der Waals surface area contributed by atoms with Gasteiger partial charge in [-0.3, -0.25) is 9.59 Å². The molecule has 124 valence electrons. The summed E-state index contributed by atoms with van der Waals surface area (Å²) in [5.41, 5.74) is 3.12. The van der Waals surface area contributed by atoms with Crippen molar-refractivity contribution < 1.29 is 14.3 Å².